The number of rotatable bonds is 4. The Labute approximate surface area is 138 Å². The van der Waals surface area contributed by atoms with Gasteiger partial charge in [0.05, 0.1) is 17.2 Å². The maximum atomic E-state index is 12.7. The van der Waals surface area contributed by atoms with Crippen molar-refractivity contribution in [3.8, 4) is 0 Å². The van der Waals surface area contributed by atoms with Crippen molar-refractivity contribution in [1.82, 2.24) is 14.5 Å². The third-order valence-corrected chi connectivity index (χ3v) is 5.09. The molecule has 23 heavy (non-hydrogen) atoms. The zero-order valence-corrected chi connectivity index (χ0v) is 14.5. The van der Waals surface area contributed by atoms with Crippen molar-refractivity contribution in [2.45, 2.75) is 65.1 Å². The van der Waals surface area contributed by atoms with E-state index >= 15 is 0 Å². The molecule has 0 saturated carbocycles. The van der Waals surface area contributed by atoms with Crippen LogP contribution in [-0.4, -0.2) is 33.1 Å². The first-order valence-electron chi connectivity index (χ1n) is 8.78. The van der Waals surface area contributed by atoms with Crippen molar-refractivity contribution in [3.63, 3.8) is 0 Å². The van der Waals surface area contributed by atoms with Gasteiger partial charge in [-0.2, -0.15) is 0 Å². The summed E-state index contributed by atoms with van der Waals surface area (Å²) in [5.74, 6) is 0. The van der Waals surface area contributed by atoms with Crippen LogP contribution >= 0.6 is 0 Å². The summed E-state index contributed by atoms with van der Waals surface area (Å²) in [7, 11) is 0. The largest absolute Gasteiger partial charge is 0.299 e. The molecule has 1 aromatic heterocycles. The Morgan fingerprint density at radius 2 is 2.13 bits per heavy atom. The van der Waals surface area contributed by atoms with Crippen molar-refractivity contribution in [1.29, 1.82) is 0 Å². The van der Waals surface area contributed by atoms with Gasteiger partial charge in [0, 0.05) is 18.6 Å². The Morgan fingerprint density at radius 1 is 1.30 bits per heavy atom. The minimum atomic E-state index is 0.0885. The molecule has 0 unspecified atom stereocenters. The van der Waals surface area contributed by atoms with Gasteiger partial charge in [-0.1, -0.05) is 18.6 Å². The van der Waals surface area contributed by atoms with Crippen LogP contribution in [0, 0.1) is 6.92 Å². The lowest BCUT2D eigenvalue weighted by atomic mass is 9.97. The van der Waals surface area contributed by atoms with Gasteiger partial charge in [-0.25, -0.2) is 4.98 Å². The molecule has 3 rings (SSSR count). The minimum absolute atomic E-state index is 0.0885. The molecule has 4 nitrogen and oxygen atoms in total. The lowest BCUT2D eigenvalue weighted by Crippen LogP contribution is -2.44. The Kier molecular flexibility index (Phi) is 4.81. The van der Waals surface area contributed by atoms with Gasteiger partial charge in [0.15, 0.2) is 0 Å². The average Bonchev–Trinajstić information content (AvgIpc) is 2.55. The summed E-state index contributed by atoms with van der Waals surface area (Å²) in [6.45, 7) is 8.48. The molecule has 1 fully saturated rings. The molecule has 0 radical (unpaired) electrons. The van der Waals surface area contributed by atoms with E-state index in [0.29, 0.717) is 12.1 Å². The van der Waals surface area contributed by atoms with Crippen LogP contribution in [0.15, 0.2) is 29.3 Å². The van der Waals surface area contributed by atoms with Crippen LogP contribution in [0.5, 0.6) is 0 Å². The first kappa shape index (κ1) is 16.2. The molecular weight excluding hydrogens is 286 g/mol. The number of likely N-dealkylation sites (tertiary alicyclic amines) is 1. The Morgan fingerprint density at radius 3 is 2.91 bits per heavy atom. The van der Waals surface area contributed by atoms with E-state index in [4.69, 9.17) is 0 Å². The van der Waals surface area contributed by atoms with Crippen molar-refractivity contribution in [3.05, 3.63) is 40.4 Å². The van der Waals surface area contributed by atoms with Gasteiger partial charge in [0.25, 0.3) is 5.56 Å². The SMILES string of the molecule is Cc1cccc2c(=O)n(CC[C@H]3CCCCN3C(C)C)cnc12. The number of aryl methyl sites for hydroxylation is 2. The smallest absolute Gasteiger partial charge is 0.261 e. The fraction of sp³-hybridized carbons (Fsp3) is 0.579. The monoisotopic (exact) mass is 313 g/mol. The lowest BCUT2D eigenvalue weighted by molar-refractivity contribution is 0.102. The second-order valence-corrected chi connectivity index (χ2v) is 6.98. The fourth-order valence-electron chi connectivity index (χ4n) is 3.80. The molecule has 1 atom stereocenters. The summed E-state index contributed by atoms with van der Waals surface area (Å²) >= 11 is 0. The van der Waals surface area contributed by atoms with E-state index in [2.05, 4.69) is 23.7 Å². The Balaban J connectivity index is 1.79. The van der Waals surface area contributed by atoms with E-state index in [1.54, 1.807) is 10.9 Å². The summed E-state index contributed by atoms with van der Waals surface area (Å²) in [5, 5.41) is 0.733. The summed E-state index contributed by atoms with van der Waals surface area (Å²) in [6.07, 6.45) is 6.59. The highest BCUT2D eigenvalue weighted by Crippen LogP contribution is 2.22. The van der Waals surface area contributed by atoms with Gasteiger partial charge in [-0.3, -0.25) is 14.3 Å². The zero-order chi connectivity index (χ0) is 16.4. The lowest BCUT2D eigenvalue weighted by Gasteiger charge is -2.38. The summed E-state index contributed by atoms with van der Waals surface area (Å²) < 4.78 is 1.79. The predicted octanol–water partition coefficient (Wildman–Crippen LogP) is 3.36. The third kappa shape index (κ3) is 3.32. The molecule has 1 aromatic carbocycles. The normalized spacial score (nSPS) is 19.6. The van der Waals surface area contributed by atoms with Gasteiger partial charge in [0.2, 0.25) is 0 Å². The molecule has 0 bridgehead atoms. The fourth-order valence-corrected chi connectivity index (χ4v) is 3.80. The molecule has 1 aliphatic heterocycles. The van der Waals surface area contributed by atoms with Crippen LogP contribution in [-0.2, 0) is 6.54 Å². The number of para-hydroxylation sites is 1. The minimum Gasteiger partial charge on any atom is -0.299 e. The van der Waals surface area contributed by atoms with Gasteiger partial charge in [0.1, 0.15) is 0 Å². The standard InChI is InChI=1S/C19H27N3O/c1-14(2)22-11-5-4-8-16(22)10-12-21-13-20-18-15(3)7-6-9-17(18)19(21)23/h6-7,9,13-14,16H,4-5,8,10-12H2,1-3H3/t16-/m1/s1. The van der Waals surface area contributed by atoms with E-state index in [1.807, 2.05) is 25.1 Å². The second-order valence-electron chi connectivity index (χ2n) is 6.98. The maximum absolute atomic E-state index is 12.7. The first-order chi connectivity index (χ1) is 11.1. The molecule has 0 N–H and O–H groups in total. The second kappa shape index (κ2) is 6.83. The van der Waals surface area contributed by atoms with E-state index < -0.39 is 0 Å². The Bertz CT molecular complexity index is 735. The first-order valence-corrected chi connectivity index (χ1v) is 8.78. The molecular formula is C19H27N3O. The van der Waals surface area contributed by atoms with Crippen LogP contribution in [0.25, 0.3) is 10.9 Å². The molecule has 2 heterocycles. The molecule has 1 aliphatic rings. The molecule has 124 valence electrons. The highest BCUT2D eigenvalue weighted by atomic mass is 16.1. The number of benzene rings is 1. The quantitative estimate of drug-likeness (QED) is 0.869. The van der Waals surface area contributed by atoms with Crippen molar-refractivity contribution >= 4 is 10.9 Å². The van der Waals surface area contributed by atoms with E-state index in [9.17, 15) is 4.79 Å². The maximum Gasteiger partial charge on any atom is 0.261 e. The molecule has 0 aliphatic carbocycles. The van der Waals surface area contributed by atoms with Crippen molar-refractivity contribution in [2.24, 2.45) is 0 Å². The van der Waals surface area contributed by atoms with Crippen LogP contribution in [0.3, 0.4) is 0 Å². The predicted molar refractivity (Wildman–Crippen MR) is 94.8 cm³/mol. The number of nitrogens with zero attached hydrogens (tertiary/aromatic N) is 3. The average molecular weight is 313 g/mol. The number of aromatic nitrogens is 2. The highest BCUT2D eigenvalue weighted by molar-refractivity contribution is 5.80. The van der Waals surface area contributed by atoms with Crippen LogP contribution in [0.4, 0.5) is 0 Å². The number of hydrogen-bond acceptors (Lipinski definition) is 3. The van der Waals surface area contributed by atoms with Crippen LogP contribution in [0.1, 0.15) is 45.1 Å². The summed E-state index contributed by atoms with van der Waals surface area (Å²) in [6, 6.07) is 6.99. The summed E-state index contributed by atoms with van der Waals surface area (Å²) in [4.78, 5) is 19.8. The molecule has 1 saturated heterocycles. The van der Waals surface area contributed by atoms with E-state index in [-0.39, 0.29) is 5.56 Å². The molecule has 4 heteroatoms. The van der Waals surface area contributed by atoms with Gasteiger partial charge in [-0.05, 0) is 58.2 Å². The van der Waals surface area contributed by atoms with E-state index in [0.717, 1.165) is 29.4 Å². The molecule has 0 amide bonds. The third-order valence-electron chi connectivity index (χ3n) is 5.09. The van der Waals surface area contributed by atoms with Gasteiger partial charge in [-0.15, -0.1) is 0 Å². The number of fused-ring (bicyclic) bond motifs is 1. The van der Waals surface area contributed by atoms with Crippen molar-refractivity contribution < 1.29 is 0 Å². The number of hydrogen-bond donors (Lipinski definition) is 0. The highest BCUT2D eigenvalue weighted by Gasteiger charge is 2.24. The Hall–Kier alpha value is -1.68. The van der Waals surface area contributed by atoms with Gasteiger partial charge >= 0.3 is 0 Å². The topological polar surface area (TPSA) is 38.1 Å². The zero-order valence-electron chi connectivity index (χ0n) is 14.5. The van der Waals surface area contributed by atoms with E-state index in [1.165, 1.54) is 25.8 Å². The van der Waals surface area contributed by atoms with Crippen molar-refractivity contribution in [2.75, 3.05) is 6.54 Å². The molecule has 2 aromatic rings. The summed E-state index contributed by atoms with van der Waals surface area (Å²) in [5.41, 5.74) is 1.98. The van der Waals surface area contributed by atoms with Gasteiger partial charge < -0.3 is 0 Å². The molecule has 0 spiro atoms. The van der Waals surface area contributed by atoms with Crippen LogP contribution in [0.2, 0.25) is 0 Å². The van der Waals surface area contributed by atoms with Crippen LogP contribution < -0.4 is 5.56 Å². The number of piperidine rings is 1.